The van der Waals surface area contributed by atoms with E-state index < -0.39 is 0 Å². The van der Waals surface area contributed by atoms with E-state index in [4.69, 9.17) is 0 Å². The normalized spacial score (nSPS) is 39.0. The summed E-state index contributed by atoms with van der Waals surface area (Å²) in [6.45, 7) is 3.40. The second-order valence-corrected chi connectivity index (χ2v) is 6.36. The van der Waals surface area contributed by atoms with Crippen molar-refractivity contribution in [1.29, 1.82) is 0 Å². The van der Waals surface area contributed by atoms with E-state index in [-0.39, 0.29) is 5.92 Å². The molecule has 3 saturated heterocycles. The molecule has 0 aromatic carbocycles. The number of fused-ring (bicyclic) bond motifs is 6. The summed E-state index contributed by atoms with van der Waals surface area (Å²) in [6, 6.07) is 0.561. The fraction of sp³-hybridized carbons (Fsp3) is 0.800. The average Bonchev–Trinajstić information content (AvgIpc) is 2.44. The zero-order chi connectivity index (χ0) is 12.1. The Morgan fingerprint density at radius 1 is 1.17 bits per heavy atom. The predicted molar refractivity (Wildman–Crippen MR) is 69.8 cm³/mol. The summed E-state index contributed by atoms with van der Waals surface area (Å²) in [6.07, 6.45) is 9.68. The summed E-state index contributed by atoms with van der Waals surface area (Å²) in [5.41, 5.74) is 1.37. The number of hydrogen-bond donors (Lipinski definition) is 0. The highest BCUT2D eigenvalue weighted by atomic mass is 16.2. The Kier molecular flexibility index (Phi) is 2.42. The third kappa shape index (κ3) is 1.45. The van der Waals surface area contributed by atoms with Gasteiger partial charge in [-0.2, -0.15) is 0 Å². The van der Waals surface area contributed by atoms with Gasteiger partial charge < -0.3 is 9.80 Å². The molecule has 4 aliphatic heterocycles. The topological polar surface area (TPSA) is 23.6 Å². The van der Waals surface area contributed by atoms with Crippen LogP contribution >= 0.6 is 0 Å². The molecule has 0 unspecified atom stereocenters. The molecule has 4 heterocycles. The molecule has 0 radical (unpaired) electrons. The zero-order valence-electron chi connectivity index (χ0n) is 11.0. The Morgan fingerprint density at radius 2 is 2.11 bits per heavy atom. The molecular weight excluding hydrogens is 224 g/mol. The van der Waals surface area contributed by atoms with Crippen molar-refractivity contribution in [3.8, 4) is 0 Å². The molecule has 3 fully saturated rings. The van der Waals surface area contributed by atoms with Crippen molar-refractivity contribution in [3.05, 3.63) is 11.8 Å². The van der Waals surface area contributed by atoms with Crippen molar-refractivity contribution < 1.29 is 4.79 Å². The second kappa shape index (κ2) is 4.01. The minimum absolute atomic E-state index is 0.207. The van der Waals surface area contributed by atoms with E-state index in [0.717, 1.165) is 18.9 Å². The van der Waals surface area contributed by atoms with Gasteiger partial charge in [0, 0.05) is 31.4 Å². The van der Waals surface area contributed by atoms with Gasteiger partial charge >= 0.3 is 0 Å². The number of carbonyl (C=O) groups excluding carboxylic acids is 1. The molecule has 4 rings (SSSR count). The van der Waals surface area contributed by atoms with Crippen LogP contribution in [0, 0.1) is 11.8 Å². The minimum atomic E-state index is 0.207. The molecule has 3 nitrogen and oxygen atoms in total. The van der Waals surface area contributed by atoms with Gasteiger partial charge in [-0.3, -0.25) is 4.79 Å². The molecule has 0 aliphatic carbocycles. The second-order valence-electron chi connectivity index (χ2n) is 6.36. The van der Waals surface area contributed by atoms with Crippen LogP contribution in [-0.4, -0.2) is 41.4 Å². The largest absolute Gasteiger partial charge is 0.374 e. The van der Waals surface area contributed by atoms with Gasteiger partial charge in [-0.15, -0.1) is 0 Å². The summed E-state index contributed by atoms with van der Waals surface area (Å²) in [4.78, 5) is 17.4. The highest BCUT2D eigenvalue weighted by Gasteiger charge is 2.48. The van der Waals surface area contributed by atoms with Gasteiger partial charge in [-0.05, 0) is 44.4 Å². The molecule has 0 spiro atoms. The minimum Gasteiger partial charge on any atom is -0.374 e. The standard InChI is InChI=1S/C15H22N2O/c18-15-12-9-11(13-5-2-4-8-17(13)15)10-16-7-3-1-6-14(12)16/h6,11-13H,1-5,7-10H2/t11-,12-,13-/m1/s1. The summed E-state index contributed by atoms with van der Waals surface area (Å²) < 4.78 is 0. The molecule has 98 valence electrons. The molecule has 0 aromatic rings. The van der Waals surface area contributed by atoms with Crippen LogP contribution in [0.2, 0.25) is 0 Å². The van der Waals surface area contributed by atoms with E-state index in [1.807, 2.05) is 0 Å². The Balaban J connectivity index is 1.69. The van der Waals surface area contributed by atoms with E-state index in [2.05, 4.69) is 15.9 Å². The molecule has 3 heteroatoms. The van der Waals surface area contributed by atoms with E-state index in [1.54, 1.807) is 0 Å². The van der Waals surface area contributed by atoms with Gasteiger partial charge in [0.25, 0.3) is 0 Å². The number of rotatable bonds is 0. The Hall–Kier alpha value is -0.990. The first kappa shape index (κ1) is 10.9. The van der Waals surface area contributed by atoms with Crippen LogP contribution in [0.15, 0.2) is 11.8 Å². The third-order valence-electron chi connectivity index (χ3n) is 5.38. The fourth-order valence-corrected chi connectivity index (χ4v) is 4.56. The lowest BCUT2D eigenvalue weighted by Gasteiger charge is -2.54. The van der Waals surface area contributed by atoms with Crippen molar-refractivity contribution in [1.82, 2.24) is 9.80 Å². The van der Waals surface area contributed by atoms with Crippen LogP contribution in [0.1, 0.15) is 38.5 Å². The van der Waals surface area contributed by atoms with Crippen molar-refractivity contribution >= 4 is 5.91 Å². The summed E-state index contributed by atoms with van der Waals surface area (Å²) >= 11 is 0. The zero-order valence-corrected chi connectivity index (χ0v) is 11.0. The molecule has 0 aromatic heterocycles. The average molecular weight is 246 g/mol. The van der Waals surface area contributed by atoms with Crippen LogP contribution < -0.4 is 0 Å². The smallest absolute Gasteiger partial charge is 0.231 e. The van der Waals surface area contributed by atoms with Gasteiger partial charge in [0.1, 0.15) is 0 Å². The van der Waals surface area contributed by atoms with Gasteiger partial charge in [0.05, 0.1) is 5.92 Å². The molecular formula is C15H22N2O. The molecule has 1 amide bonds. The lowest BCUT2D eigenvalue weighted by molar-refractivity contribution is -0.149. The van der Waals surface area contributed by atoms with Crippen molar-refractivity contribution in [3.63, 3.8) is 0 Å². The van der Waals surface area contributed by atoms with Crippen molar-refractivity contribution in [2.24, 2.45) is 11.8 Å². The monoisotopic (exact) mass is 246 g/mol. The number of nitrogens with zero attached hydrogens (tertiary/aromatic N) is 2. The summed E-state index contributed by atoms with van der Waals surface area (Å²) in [5.74, 6) is 1.38. The lowest BCUT2D eigenvalue weighted by Crippen LogP contribution is -2.61. The fourth-order valence-electron chi connectivity index (χ4n) is 4.56. The van der Waals surface area contributed by atoms with Crippen LogP contribution in [-0.2, 0) is 4.79 Å². The quantitative estimate of drug-likeness (QED) is 0.652. The number of piperidine rings is 3. The Labute approximate surface area is 109 Å². The molecule has 2 bridgehead atoms. The molecule has 18 heavy (non-hydrogen) atoms. The van der Waals surface area contributed by atoms with Crippen molar-refractivity contribution in [2.75, 3.05) is 19.6 Å². The third-order valence-corrected chi connectivity index (χ3v) is 5.38. The van der Waals surface area contributed by atoms with Crippen molar-refractivity contribution in [2.45, 2.75) is 44.6 Å². The summed E-state index contributed by atoms with van der Waals surface area (Å²) in [7, 11) is 0. The van der Waals surface area contributed by atoms with Gasteiger partial charge in [-0.25, -0.2) is 0 Å². The van der Waals surface area contributed by atoms with Gasteiger partial charge in [0.15, 0.2) is 0 Å². The Bertz CT molecular complexity index is 403. The highest BCUT2D eigenvalue weighted by molar-refractivity contribution is 5.83. The first-order chi connectivity index (χ1) is 8.84. The highest BCUT2D eigenvalue weighted by Crippen LogP contribution is 2.43. The lowest BCUT2D eigenvalue weighted by atomic mass is 9.73. The van der Waals surface area contributed by atoms with E-state index >= 15 is 0 Å². The number of amides is 1. The number of hydrogen-bond acceptors (Lipinski definition) is 2. The van der Waals surface area contributed by atoms with Gasteiger partial charge in [-0.1, -0.05) is 6.08 Å². The van der Waals surface area contributed by atoms with Crippen LogP contribution in [0.5, 0.6) is 0 Å². The van der Waals surface area contributed by atoms with Crippen LogP contribution in [0.4, 0.5) is 0 Å². The first-order valence-electron chi connectivity index (χ1n) is 7.60. The molecule has 0 N–H and O–H groups in total. The maximum Gasteiger partial charge on any atom is 0.231 e. The SMILES string of the molecule is O=C1[C@@H]2C[C@H](CN3CCCC=C23)[C@H]2CCCCN12. The maximum atomic E-state index is 12.7. The van der Waals surface area contributed by atoms with Crippen LogP contribution in [0.25, 0.3) is 0 Å². The first-order valence-corrected chi connectivity index (χ1v) is 7.60. The van der Waals surface area contributed by atoms with Crippen LogP contribution in [0.3, 0.4) is 0 Å². The van der Waals surface area contributed by atoms with E-state index in [1.165, 1.54) is 50.9 Å². The molecule has 3 atom stereocenters. The maximum absolute atomic E-state index is 12.7. The number of carbonyl (C=O) groups is 1. The Morgan fingerprint density at radius 3 is 3.06 bits per heavy atom. The van der Waals surface area contributed by atoms with E-state index in [9.17, 15) is 4.79 Å². The molecule has 0 saturated carbocycles. The van der Waals surface area contributed by atoms with E-state index in [0.29, 0.717) is 11.9 Å². The summed E-state index contributed by atoms with van der Waals surface area (Å²) in [5, 5.41) is 0. The predicted octanol–water partition coefficient (Wildman–Crippen LogP) is 2.00. The molecule has 4 aliphatic rings. The van der Waals surface area contributed by atoms with Gasteiger partial charge in [0.2, 0.25) is 5.91 Å². The number of allylic oxidation sites excluding steroid dienone is 1.